The number of rotatable bonds is 2. The van der Waals surface area contributed by atoms with Gasteiger partial charge >= 0.3 is 0 Å². The average Bonchev–Trinajstić information content (AvgIpc) is 2.71. The Hall–Kier alpha value is -1.84. The molecule has 0 bridgehead atoms. The fourth-order valence-corrected chi connectivity index (χ4v) is 5.35. The van der Waals surface area contributed by atoms with Crippen LogP contribution in [-0.2, 0) is 17.6 Å². The minimum Gasteiger partial charge on any atom is -0.339 e. The highest BCUT2D eigenvalue weighted by Gasteiger charge is 2.40. The van der Waals surface area contributed by atoms with Gasteiger partial charge in [-0.05, 0) is 68.1 Å². The molecule has 2 atom stereocenters. The summed E-state index contributed by atoms with van der Waals surface area (Å²) in [4.78, 5) is 30.1. The molecule has 0 radical (unpaired) electrons. The molecule has 0 saturated carbocycles. The van der Waals surface area contributed by atoms with E-state index >= 15 is 0 Å². The summed E-state index contributed by atoms with van der Waals surface area (Å²) < 4.78 is 0. The maximum atomic E-state index is 13.3. The third kappa shape index (κ3) is 3.51. The van der Waals surface area contributed by atoms with Gasteiger partial charge in [0, 0.05) is 37.2 Å². The zero-order chi connectivity index (χ0) is 19.0. The van der Waals surface area contributed by atoms with Gasteiger partial charge in [0.2, 0.25) is 5.91 Å². The molecule has 4 heteroatoms. The van der Waals surface area contributed by atoms with Crippen LogP contribution in [-0.4, -0.2) is 47.3 Å². The van der Waals surface area contributed by atoms with Crippen LogP contribution in [0.4, 0.5) is 0 Å². The fraction of sp³-hybridized carbons (Fsp3) is 0.652. The quantitative estimate of drug-likeness (QED) is 0.799. The van der Waals surface area contributed by atoms with Crippen LogP contribution < -0.4 is 0 Å². The van der Waals surface area contributed by atoms with E-state index in [2.05, 4.69) is 15.9 Å². The van der Waals surface area contributed by atoms with Gasteiger partial charge in [0.25, 0.3) is 5.91 Å². The number of carbonyl (C=O) groups is 2. The molecular formula is C23H32N2O2. The average molecular weight is 369 g/mol. The first-order valence-electron chi connectivity index (χ1n) is 10.8. The molecule has 4 nitrogen and oxygen atoms in total. The normalized spacial score (nSPS) is 25.1. The number of likely N-dealkylation sites (tertiary alicyclic amines) is 2. The van der Waals surface area contributed by atoms with E-state index in [9.17, 15) is 9.59 Å². The van der Waals surface area contributed by atoms with Crippen molar-refractivity contribution in [1.82, 2.24) is 9.80 Å². The van der Waals surface area contributed by atoms with Crippen LogP contribution in [0.2, 0.25) is 0 Å². The molecule has 1 aromatic carbocycles. The minimum atomic E-state index is 0.0549. The van der Waals surface area contributed by atoms with E-state index in [0.717, 1.165) is 57.3 Å². The van der Waals surface area contributed by atoms with Gasteiger partial charge in [0.15, 0.2) is 0 Å². The minimum absolute atomic E-state index is 0.0549. The summed E-state index contributed by atoms with van der Waals surface area (Å²) in [6, 6.07) is 6.58. The standard InChI is InChI=1S/C23H32N2O2/c1-16(2)22(26)25-13-6-9-18-15-24(14-12-21(18)25)23(27)20-11-5-8-17-7-3-4-10-19(17)20/h5,8,11,16,18,21H,3-4,6-7,9-10,12-15H2,1-2H3. The van der Waals surface area contributed by atoms with Crippen molar-refractivity contribution in [3.8, 4) is 0 Å². The smallest absolute Gasteiger partial charge is 0.254 e. The maximum absolute atomic E-state index is 13.3. The Balaban J connectivity index is 1.50. The zero-order valence-electron chi connectivity index (χ0n) is 16.7. The highest BCUT2D eigenvalue weighted by atomic mass is 16.2. The number of benzene rings is 1. The molecule has 0 spiro atoms. The molecular weight excluding hydrogens is 336 g/mol. The lowest BCUT2D eigenvalue weighted by atomic mass is 9.82. The summed E-state index contributed by atoms with van der Waals surface area (Å²) in [6.45, 7) is 6.44. The van der Waals surface area contributed by atoms with Gasteiger partial charge in [-0.25, -0.2) is 0 Å². The molecule has 2 fully saturated rings. The third-order valence-corrected chi connectivity index (χ3v) is 6.76. The number of nitrogens with zero attached hydrogens (tertiary/aromatic N) is 2. The third-order valence-electron chi connectivity index (χ3n) is 6.76. The van der Waals surface area contributed by atoms with Crippen molar-refractivity contribution in [1.29, 1.82) is 0 Å². The number of fused-ring (bicyclic) bond motifs is 2. The summed E-state index contributed by atoms with van der Waals surface area (Å²) in [6.07, 6.45) is 7.67. The molecule has 0 N–H and O–H groups in total. The lowest BCUT2D eigenvalue weighted by molar-refractivity contribution is -0.141. The number of hydrogen-bond donors (Lipinski definition) is 0. The lowest BCUT2D eigenvalue weighted by Gasteiger charge is -2.47. The Labute approximate surface area is 162 Å². The van der Waals surface area contributed by atoms with Gasteiger partial charge in [-0.1, -0.05) is 26.0 Å². The number of amides is 2. The first kappa shape index (κ1) is 18.5. The Morgan fingerprint density at radius 1 is 1.04 bits per heavy atom. The number of carbonyl (C=O) groups excluding carboxylic acids is 2. The zero-order valence-corrected chi connectivity index (χ0v) is 16.7. The maximum Gasteiger partial charge on any atom is 0.254 e. The van der Waals surface area contributed by atoms with E-state index in [1.165, 1.54) is 24.0 Å². The second kappa shape index (κ2) is 7.65. The highest BCUT2D eigenvalue weighted by Crippen LogP contribution is 2.33. The van der Waals surface area contributed by atoms with Crippen LogP contribution >= 0.6 is 0 Å². The predicted octanol–water partition coefficient (Wildman–Crippen LogP) is 3.67. The summed E-state index contributed by atoms with van der Waals surface area (Å²) in [5.74, 6) is 0.971. The van der Waals surface area contributed by atoms with Crippen molar-refractivity contribution < 1.29 is 9.59 Å². The summed E-state index contributed by atoms with van der Waals surface area (Å²) in [5, 5.41) is 0. The van der Waals surface area contributed by atoms with Crippen molar-refractivity contribution in [3.63, 3.8) is 0 Å². The van der Waals surface area contributed by atoms with Crippen LogP contribution in [0.3, 0.4) is 0 Å². The molecule has 2 heterocycles. The van der Waals surface area contributed by atoms with E-state index in [1.54, 1.807) is 0 Å². The van der Waals surface area contributed by atoms with Crippen LogP contribution in [0.5, 0.6) is 0 Å². The van der Waals surface area contributed by atoms with Crippen molar-refractivity contribution in [2.24, 2.45) is 11.8 Å². The molecule has 0 aromatic heterocycles. The van der Waals surface area contributed by atoms with E-state index < -0.39 is 0 Å². The van der Waals surface area contributed by atoms with Gasteiger partial charge in [-0.2, -0.15) is 0 Å². The van der Waals surface area contributed by atoms with Crippen LogP contribution in [0.15, 0.2) is 18.2 Å². The van der Waals surface area contributed by atoms with Gasteiger partial charge in [-0.15, -0.1) is 0 Å². The van der Waals surface area contributed by atoms with Crippen molar-refractivity contribution in [2.45, 2.75) is 64.8 Å². The Morgan fingerprint density at radius 2 is 1.85 bits per heavy atom. The highest BCUT2D eigenvalue weighted by molar-refractivity contribution is 5.96. The largest absolute Gasteiger partial charge is 0.339 e. The van der Waals surface area contributed by atoms with E-state index in [4.69, 9.17) is 0 Å². The molecule has 146 valence electrons. The lowest BCUT2D eigenvalue weighted by Crippen LogP contribution is -2.57. The number of aryl methyl sites for hydroxylation is 1. The van der Waals surface area contributed by atoms with Gasteiger partial charge < -0.3 is 9.80 Å². The molecule has 4 rings (SSSR count). The molecule has 2 unspecified atom stereocenters. The topological polar surface area (TPSA) is 40.6 Å². The Bertz CT molecular complexity index is 727. The number of hydrogen-bond acceptors (Lipinski definition) is 2. The SMILES string of the molecule is CC(C)C(=O)N1CCCC2CN(C(=O)c3cccc4c3CCCC4)CCC21. The fourth-order valence-electron chi connectivity index (χ4n) is 5.35. The first-order valence-corrected chi connectivity index (χ1v) is 10.8. The van der Waals surface area contributed by atoms with Gasteiger partial charge in [-0.3, -0.25) is 9.59 Å². The number of piperidine rings is 2. The second-order valence-corrected chi connectivity index (χ2v) is 8.85. The Morgan fingerprint density at radius 3 is 2.67 bits per heavy atom. The molecule has 1 aromatic rings. The van der Waals surface area contributed by atoms with Crippen LogP contribution in [0.25, 0.3) is 0 Å². The molecule has 2 amide bonds. The van der Waals surface area contributed by atoms with Crippen molar-refractivity contribution >= 4 is 11.8 Å². The van der Waals surface area contributed by atoms with Crippen LogP contribution in [0, 0.1) is 11.8 Å². The summed E-state index contributed by atoms with van der Waals surface area (Å²) >= 11 is 0. The summed E-state index contributed by atoms with van der Waals surface area (Å²) in [7, 11) is 0. The van der Waals surface area contributed by atoms with E-state index in [-0.39, 0.29) is 17.7 Å². The molecule has 3 aliphatic rings. The van der Waals surface area contributed by atoms with E-state index in [0.29, 0.717) is 12.0 Å². The van der Waals surface area contributed by atoms with Gasteiger partial charge in [0.1, 0.15) is 0 Å². The molecule has 27 heavy (non-hydrogen) atoms. The van der Waals surface area contributed by atoms with Crippen molar-refractivity contribution in [2.75, 3.05) is 19.6 Å². The van der Waals surface area contributed by atoms with Crippen molar-refractivity contribution in [3.05, 3.63) is 34.9 Å². The summed E-state index contributed by atoms with van der Waals surface area (Å²) in [5.41, 5.74) is 3.58. The predicted molar refractivity (Wildman–Crippen MR) is 107 cm³/mol. The first-order chi connectivity index (χ1) is 13.1. The van der Waals surface area contributed by atoms with Gasteiger partial charge in [0.05, 0.1) is 0 Å². The molecule has 2 saturated heterocycles. The van der Waals surface area contributed by atoms with E-state index in [1.807, 2.05) is 26.0 Å². The molecule has 1 aliphatic carbocycles. The Kier molecular flexibility index (Phi) is 5.25. The monoisotopic (exact) mass is 368 g/mol. The second-order valence-electron chi connectivity index (χ2n) is 8.85. The van der Waals surface area contributed by atoms with Crippen LogP contribution in [0.1, 0.15) is 67.4 Å². The molecule has 2 aliphatic heterocycles.